The first-order valence-corrected chi connectivity index (χ1v) is 10.6. The summed E-state index contributed by atoms with van der Waals surface area (Å²) >= 11 is 0. The molecule has 1 saturated heterocycles. The van der Waals surface area contributed by atoms with Gasteiger partial charge in [0.15, 0.2) is 5.76 Å². The molecule has 30 heavy (non-hydrogen) atoms. The molecule has 2 aromatic heterocycles. The van der Waals surface area contributed by atoms with E-state index in [-0.39, 0.29) is 6.10 Å². The fraction of sp³-hybridized carbons (Fsp3) is 0.391. The standard InChI is InChI=1S/C23H28N4O3/c1-3-4-6-17-7-5-8-18-15-20(29-23(17)18)16(2)27-30-22-10-9-21(25-26-22)28-19-11-13-24-14-12-19/h5,7-10,15,19,24,27H,2-4,6,11-14H2,1H3. The molecule has 1 aliphatic heterocycles. The Kier molecular flexibility index (Phi) is 6.49. The van der Waals surface area contributed by atoms with Crippen molar-refractivity contribution in [3.63, 3.8) is 0 Å². The maximum atomic E-state index is 6.05. The van der Waals surface area contributed by atoms with E-state index in [9.17, 15) is 0 Å². The third kappa shape index (κ3) is 4.91. The van der Waals surface area contributed by atoms with Crippen LogP contribution in [0.15, 0.2) is 47.4 Å². The van der Waals surface area contributed by atoms with Gasteiger partial charge in [0.05, 0.1) is 0 Å². The molecule has 158 valence electrons. The van der Waals surface area contributed by atoms with Crippen LogP contribution in [0.25, 0.3) is 16.7 Å². The molecular formula is C23H28N4O3. The number of benzene rings is 1. The molecule has 3 aromatic rings. The number of furan rings is 1. The molecule has 0 bridgehead atoms. The average molecular weight is 409 g/mol. The third-order valence-electron chi connectivity index (χ3n) is 5.19. The first kappa shape index (κ1) is 20.2. The molecule has 0 aliphatic carbocycles. The number of nitrogens with one attached hydrogen (secondary N) is 2. The Bertz CT molecular complexity index is 978. The van der Waals surface area contributed by atoms with Crippen LogP contribution in [0, 0.1) is 0 Å². The highest BCUT2D eigenvalue weighted by Gasteiger charge is 2.15. The van der Waals surface area contributed by atoms with Gasteiger partial charge in [-0.1, -0.05) is 38.1 Å². The fourth-order valence-corrected chi connectivity index (χ4v) is 3.51. The van der Waals surface area contributed by atoms with Crippen LogP contribution < -0.4 is 20.4 Å². The first-order chi connectivity index (χ1) is 14.7. The van der Waals surface area contributed by atoms with Gasteiger partial charge >= 0.3 is 0 Å². The van der Waals surface area contributed by atoms with Crippen molar-refractivity contribution >= 4 is 16.7 Å². The maximum Gasteiger partial charge on any atom is 0.265 e. The SMILES string of the molecule is C=C(NOc1ccc(OC2CCNCC2)nn1)c1cc2cccc(CCCC)c2o1. The lowest BCUT2D eigenvalue weighted by Crippen LogP contribution is -2.34. The highest BCUT2D eigenvalue weighted by atomic mass is 16.7. The van der Waals surface area contributed by atoms with Crippen LogP contribution >= 0.6 is 0 Å². The van der Waals surface area contributed by atoms with Gasteiger partial charge in [0, 0.05) is 17.5 Å². The van der Waals surface area contributed by atoms with E-state index < -0.39 is 0 Å². The van der Waals surface area contributed by atoms with Crippen molar-refractivity contribution in [1.29, 1.82) is 0 Å². The van der Waals surface area contributed by atoms with Crippen LogP contribution in [0.1, 0.15) is 43.9 Å². The minimum Gasteiger partial charge on any atom is -0.473 e. The largest absolute Gasteiger partial charge is 0.473 e. The summed E-state index contributed by atoms with van der Waals surface area (Å²) in [4.78, 5) is 5.51. The van der Waals surface area contributed by atoms with Gasteiger partial charge in [-0.15, -0.1) is 10.2 Å². The van der Waals surface area contributed by atoms with E-state index in [0.29, 0.717) is 23.2 Å². The zero-order valence-corrected chi connectivity index (χ0v) is 17.3. The van der Waals surface area contributed by atoms with Crippen molar-refractivity contribution in [3.8, 4) is 11.8 Å². The van der Waals surface area contributed by atoms with Crippen molar-refractivity contribution in [2.75, 3.05) is 13.1 Å². The number of hydrogen-bond donors (Lipinski definition) is 2. The van der Waals surface area contributed by atoms with Crippen LogP contribution in [0.2, 0.25) is 0 Å². The van der Waals surface area contributed by atoms with Gasteiger partial charge in [-0.2, -0.15) is 0 Å². The van der Waals surface area contributed by atoms with E-state index in [4.69, 9.17) is 14.0 Å². The van der Waals surface area contributed by atoms with Crippen LogP contribution in [0.5, 0.6) is 11.8 Å². The zero-order chi connectivity index (χ0) is 20.8. The second-order valence-corrected chi connectivity index (χ2v) is 7.51. The predicted molar refractivity (Wildman–Crippen MR) is 116 cm³/mol. The van der Waals surface area contributed by atoms with Gasteiger partial charge in [0.1, 0.15) is 17.4 Å². The molecule has 0 spiro atoms. The lowest BCUT2D eigenvalue weighted by atomic mass is 10.1. The van der Waals surface area contributed by atoms with E-state index in [1.54, 1.807) is 12.1 Å². The molecule has 2 N–H and O–H groups in total. The Morgan fingerprint density at radius 3 is 2.77 bits per heavy atom. The number of ether oxygens (including phenoxy) is 1. The van der Waals surface area contributed by atoms with Crippen molar-refractivity contribution in [2.24, 2.45) is 0 Å². The molecule has 0 amide bonds. The minimum absolute atomic E-state index is 0.181. The van der Waals surface area contributed by atoms with Crippen LogP contribution in [0.4, 0.5) is 0 Å². The number of nitrogens with zero attached hydrogens (tertiary/aromatic N) is 2. The van der Waals surface area contributed by atoms with Gasteiger partial charge in [0.25, 0.3) is 5.88 Å². The normalized spacial score (nSPS) is 14.6. The van der Waals surface area contributed by atoms with Crippen molar-refractivity contribution in [2.45, 2.75) is 45.1 Å². The van der Waals surface area contributed by atoms with Crippen molar-refractivity contribution in [1.82, 2.24) is 21.0 Å². The minimum atomic E-state index is 0.181. The molecule has 0 unspecified atom stereocenters. The molecular weight excluding hydrogens is 380 g/mol. The third-order valence-corrected chi connectivity index (χ3v) is 5.19. The number of para-hydroxylation sites is 1. The number of aryl methyl sites for hydroxylation is 1. The van der Waals surface area contributed by atoms with Gasteiger partial charge in [-0.25, -0.2) is 5.48 Å². The monoisotopic (exact) mass is 408 g/mol. The molecule has 4 rings (SSSR count). The lowest BCUT2D eigenvalue weighted by Gasteiger charge is -2.22. The molecule has 0 saturated carbocycles. The zero-order valence-electron chi connectivity index (χ0n) is 17.3. The predicted octanol–water partition coefficient (Wildman–Crippen LogP) is 4.25. The Balaban J connectivity index is 1.35. The summed E-state index contributed by atoms with van der Waals surface area (Å²) in [6.07, 6.45) is 5.40. The van der Waals surface area contributed by atoms with Gasteiger partial charge in [-0.05, 0) is 50.4 Å². The summed E-state index contributed by atoms with van der Waals surface area (Å²) in [6, 6.07) is 11.6. The summed E-state index contributed by atoms with van der Waals surface area (Å²) in [6.45, 7) is 8.13. The molecule has 0 atom stereocenters. The molecule has 1 aromatic carbocycles. The van der Waals surface area contributed by atoms with Crippen LogP contribution in [-0.4, -0.2) is 29.4 Å². The van der Waals surface area contributed by atoms with Crippen molar-refractivity contribution < 1.29 is 14.0 Å². The molecule has 7 heteroatoms. The number of piperidine rings is 1. The second kappa shape index (κ2) is 9.63. The molecule has 3 heterocycles. The number of rotatable bonds is 9. The van der Waals surface area contributed by atoms with Crippen LogP contribution in [-0.2, 0) is 6.42 Å². The van der Waals surface area contributed by atoms with E-state index in [0.717, 1.165) is 56.2 Å². The van der Waals surface area contributed by atoms with Crippen LogP contribution in [0.3, 0.4) is 0 Å². The molecule has 1 fully saturated rings. The number of fused-ring (bicyclic) bond motifs is 1. The fourth-order valence-electron chi connectivity index (χ4n) is 3.51. The summed E-state index contributed by atoms with van der Waals surface area (Å²) in [5.74, 6) is 1.46. The molecule has 7 nitrogen and oxygen atoms in total. The Labute approximate surface area is 176 Å². The van der Waals surface area contributed by atoms with E-state index in [1.165, 1.54) is 5.56 Å². The molecule has 1 aliphatic rings. The second-order valence-electron chi connectivity index (χ2n) is 7.51. The summed E-state index contributed by atoms with van der Waals surface area (Å²) < 4.78 is 11.9. The number of unbranched alkanes of at least 4 members (excludes halogenated alkanes) is 1. The smallest absolute Gasteiger partial charge is 0.265 e. The van der Waals surface area contributed by atoms with E-state index >= 15 is 0 Å². The van der Waals surface area contributed by atoms with Gasteiger partial charge < -0.3 is 19.3 Å². The lowest BCUT2D eigenvalue weighted by molar-refractivity contribution is 0.152. The molecule has 0 radical (unpaired) electrons. The van der Waals surface area contributed by atoms with Crippen molar-refractivity contribution in [3.05, 3.63) is 54.3 Å². The topological polar surface area (TPSA) is 81.4 Å². The highest BCUT2D eigenvalue weighted by molar-refractivity contribution is 5.84. The van der Waals surface area contributed by atoms with E-state index in [1.807, 2.05) is 12.1 Å². The first-order valence-electron chi connectivity index (χ1n) is 10.6. The summed E-state index contributed by atoms with van der Waals surface area (Å²) in [5.41, 5.74) is 5.44. The quantitative estimate of drug-likeness (QED) is 0.512. The average Bonchev–Trinajstić information content (AvgIpc) is 3.23. The Morgan fingerprint density at radius 2 is 2.00 bits per heavy atom. The Morgan fingerprint density at radius 1 is 1.20 bits per heavy atom. The van der Waals surface area contributed by atoms with Gasteiger partial charge in [0.2, 0.25) is 5.88 Å². The summed E-state index contributed by atoms with van der Waals surface area (Å²) in [7, 11) is 0. The number of hydroxylamine groups is 1. The number of aromatic nitrogens is 2. The van der Waals surface area contributed by atoms with Gasteiger partial charge in [-0.3, -0.25) is 0 Å². The maximum absolute atomic E-state index is 6.05. The number of hydrogen-bond acceptors (Lipinski definition) is 7. The Hall–Kier alpha value is -3.06. The highest BCUT2D eigenvalue weighted by Crippen LogP contribution is 2.27. The summed E-state index contributed by atoms with van der Waals surface area (Å²) in [5, 5.41) is 12.5. The van der Waals surface area contributed by atoms with E-state index in [2.05, 4.69) is 46.6 Å².